The van der Waals surface area contributed by atoms with E-state index in [2.05, 4.69) is 10.6 Å². The molecule has 3 N–H and O–H groups in total. The standard InChI is InChI=1S/C19H28N6O3/c1-18(2,3)28-17(27)24-12-10-19(11-13-24,14-8-6-5-7-9-14)15-21-22-25(16(20)26)23(15)4/h5-9,22H,10-13H2,1-4H3,(H2,20,26). The Labute approximate surface area is 165 Å². The number of amides is 3. The number of nitrogens with zero attached hydrogens (tertiary/aromatic N) is 4. The normalized spacial score (nSPS) is 19.1. The predicted octanol–water partition coefficient (Wildman–Crippen LogP) is 2.01. The third kappa shape index (κ3) is 3.69. The summed E-state index contributed by atoms with van der Waals surface area (Å²) in [5.41, 5.74) is 8.20. The molecule has 0 radical (unpaired) electrons. The van der Waals surface area contributed by atoms with Crippen LogP contribution < -0.4 is 11.3 Å². The molecule has 28 heavy (non-hydrogen) atoms. The van der Waals surface area contributed by atoms with E-state index in [-0.39, 0.29) is 6.09 Å². The molecule has 2 aliphatic rings. The van der Waals surface area contributed by atoms with Gasteiger partial charge in [-0.1, -0.05) is 30.3 Å². The molecule has 9 nitrogen and oxygen atoms in total. The van der Waals surface area contributed by atoms with E-state index >= 15 is 0 Å². The van der Waals surface area contributed by atoms with Crippen LogP contribution in [-0.4, -0.2) is 58.7 Å². The van der Waals surface area contributed by atoms with Crippen LogP contribution in [0.15, 0.2) is 35.4 Å². The molecule has 1 aromatic rings. The van der Waals surface area contributed by atoms with Gasteiger partial charge in [-0.25, -0.2) is 14.6 Å². The maximum Gasteiger partial charge on any atom is 0.410 e. The number of nitrogens with one attached hydrogen (secondary N) is 1. The minimum atomic E-state index is -0.643. The van der Waals surface area contributed by atoms with Crippen LogP contribution in [0.3, 0.4) is 0 Å². The van der Waals surface area contributed by atoms with Crippen molar-refractivity contribution in [1.29, 1.82) is 0 Å². The summed E-state index contributed by atoms with van der Waals surface area (Å²) >= 11 is 0. The van der Waals surface area contributed by atoms with Crippen molar-refractivity contribution in [3.63, 3.8) is 0 Å². The summed E-state index contributed by atoms with van der Waals surface area (Å²) in [6.45, 7) is 6.61. The van der Waals surface area contributed by atoms with Crippen molar-refractivity contribution in [2.45, 2.75) is 44.6 Å². The highest BCUT2D eigenvalue weighted by Gasteiger charge is 2.47. The van der Waals surface area contributed by atoms with Gasteiger partial charge in [-0.05, 0) is 39.2 Å². The zero-order valence-corrected chi connectivity index (χ0v) is 16.8. The molecule has 1 fully saturated rings. The van der Waals surface area contributed by atoms with Crippen LogP contribution in [0.25, 0.3) is 0 Å². The molecule has 0 aromatic heterocycles. The lowest BCUT2D eigenvalue weighted by Crippen LogP contribution is -2.56. The van der Waals surface area contributed by atoms with Gasteiger partial charge in [0.1, 0.15) is 5.60 Å². The van der Waals surface area contributed by atoms with Crippen LogP contribution >= 0.6 is 0 Å². The van der Waals surface area contributed by atoms with E-state index in [4.69, 9.17) is 10.5 Å². The monoisotopic (exact) mass is 388 g/mol. The number of hydrazine groups is 2. The highest BCUT2D eigenvalue weighted by molar-refractivity contribution is 5.95. The first-order chi connectivity index (χ1) is 13.1. The van der Waals surface area contributed by atoms with E-state index in [0.717, 1.165) is 5.56 Å². The lowest BCUT2D eigenvalue weighted by molar-refractivity contribution is 0.0179. The Balaban J connectivity index is 1.86. The van der Waals surface area contributed by atoms with Crippen molar-refractivity contribution < 1.29 is 14.3 Å². The molecule has 2 heterocycles. The zero-order valence-electron chi connectivity index (χ0n) is 16.8. The Kier molecular flexibility index (Phi) is 5.10. The number of hydrogen-bond donors (Lipinski definition) is 2. The molecule has 9 heteroatoms. The van der Waals surface area contributed by atoms with E-state index in [1.807, 2.05) is 51.1 Å². The van der Waals surface area contributed by atoms with Crippen molar-refractivity contribution in [3.8, 4) is 0 Å². The third-order valence-corrected chi connectivity index (χ3v) is 5.09. The fourth-order valence-electron chi connectivity index (χ4n) is 3.74. The number of likely N-dealkylation sites (N-methyl/N-ethyl adjacent to an activating group) is 1. The van der Waals surface area contributed by atoms with Gasteiger partial charge in [0.25, 0.3) is 0 Å². The Morgan fingerprint density at radius 1 is 1.18 bits per heavy atom. The molecule has 0 saturated carbocycles. The van der Waals surface area contributed by atoms with Crippen molar-refractivity contribution in [3.05, 3.63) is 35.9 Å². The van der Waals surface area contributed by atoms with Crippen LogP contribution in [0.4, 0.5) is 9.59 Å². The zero-order chi connectivity index (χ0) is 20.5. The molecule has 0 atom stereocenters. The minimum absolute atomic E-state index is 0.312. The van der Waals surface area contributed by atoms with Crippen molar-refractivity contribution in [2.75, 3.05) is 20.1 Å². The van der Waals surface area contributed by atoms with Crippen LogP contribution in [-0.2, 0) is 10.2 Å². The smallest absolute Gasteiger partial charge is 0.410 e. The first-order valence-corrected chi connectivity index (χ1v) is 9.34. The van der Waals surface area contributed by atoms with E-state index in [1.165, 1.54) is 5.12 Å². The maximum atomic E-state index is 12.5. The number of carbonyl (C=O) groups is 2. The fourth-order valence-corrected chi connectivity index (χ4v) is 3.74. The van der Waals surface area contributed by atoms with Gasteiger partial charge in [0, 0.05) is 20.1 Å². The topological polar surface area (TPSA) is 104 Å². The molecule has 3 rings (SSSR count). The quantitative estimate of drug-likeness (QED) is 0.807. The molecule has 3 amide bonds. The Bertz CT molecular complexity index is 766. The fraction of sp³-hybridized carbons (Fsp3) is 0.526. The summed E-state index contributed by atoms with van der Waals surface area (Å²) < 4.78 is 5.51. The van der Waals surface area contributed by atoms with Crippen LogP contribution in [0.5, 0.6) is 0 Å². The van der Waals surface area contributed by atoms with Gasteiger partial charge in [-0.15, -0.1) is 10.2 Å². The number of rotatable bonds is 2. The molecule has 0 spiro atoms. The van der Waals surface area contributed by atoms with Crippen LogP contribution in [0, 0.1) is 0 Å². The number of likely N-dealkylation sites (tertiary alicyclic amines) is 1. The number of carbonyl (C=O) groups excluding carboxylic acids is 2. The Hall–Kier alpha value is -2.97. The number of urea groups is 1. The molecule has 1 aromatic carbocycles. The van der Waals surface area contributed by atoms with Gasteiger partial charge in [0.2, 0.25) is 0 Å². The maximum absolute atomic E-state index is 12.5. The third-order valence-electron chi connectivity index (χ3n) is 5.09. The van der Waals surface area contributed by atoms with Crippen molar-refractivity contribution >= 4 is 18.0 Å². The summed E-state index contributed by atoms with van der Waals surface area (Å²) in [5, 5.41) is 7.21. The van der Waals surface area contributed by atoms with Crippen molar-refractivity contribution in [1.82, 2.24) is 20.6 Å². The summed E-state index contributed by atoms with van der Waals surface area (Å²) in [4.78, 5) is 25.8. The second kappa shape index (κ2) is 7.21. The van der Waals surface area contributed by atoms with Gasteiger partial charge in [0.15, 0.2) is 5.84 Å². The number of hydrogen-bond acceptors (Lipinski definition) is 6. The molecule has 2 aliphatic heterocycles. The van der Waals surface area contributed by atoms with Crippen molar-refractivity contribution in [2.24, 2.45) is 10.8 Å². The number of benzene rings is 1. The molecular weight excluding hydrogens is 360 g/mol. The average Bonchev–Trinajstić information content (AvgIpc) is 3.03. The average molecular weight is 388 g/mol. The number of piperidine rings is 1. The van der Waals surface area contributed by atoms with Gasteiger partial charge < -0.3 is 15.4 Å². The molecule has 0 bridgehead atoms. The molecule has 0 aliphatic carbocycles. The lowest BCUT2D eigenvalue weighted by atomic mass is 9.71. The Morgan fingerprint density at radius 3 is 2.29 bits per heavy atom. The number of hydrazone groups is 1. The van der Waals surface area contributed by atoms with Gasteiger partial charge in [0.05, 0.1) is 5.41 Å². The van der Waals surface area contributed by atoms with E-state index in [1.54, 1.807) is 17.0 Å². The van der Waals surface area contributed by atoms with Crippen LogP contribution in [0.1, 0.15) is 39.2 Å². The second-order valence-electron chi connectivity index (χ2n) is 8.12. The SMILES string of the molecule is CN1C(C2(c3ccccc3)CCN(C(=O)OC(C)(C)C)CC2)=NNN1C(N)=O. The summed E-state index contributed by atoms with van der Waals surface area (Å²) in [6.07, 6.45) is 0.981. The van der Waals surface area contributed by atoms with E-state index < -0.39 is 17.0 Å². The molecule has 0 unspecified atom stereocenters. The predicted molar refractivity (Wildman–Crippen MR) is 105 cm³/mol. The highest BCUT2D eigenvalue weighted by atomic mass is 16.6. The number of nitrogens with two attached hydrogens (primary N) is 1. The van der Waals surface area contributed by atoms with E-state index in [9.17, 15) is 9.59 Å². The number of ether oxygens (including phenoxy) is 1. The highest BCUT2D eigenvalue weighted by Crippen LogP contribution is 2.39. The lowest BCUT2D eigenvalue weighted by Gasteiger charge is -2.43. The number of amidine groups is 1. The Morgan fingerprint density at radius 2 is 1.79 bits per heavy atom. The van der Waals surface area contributed by atoms with Gasteiger partial charge >= 0.3 is 12.1 Å². The van der Waals surface area contributed by atoms with Gasteiger partial charge in [-0.3, -0.25) is 0 Å². The van der Waals surface area contributed by atoms with E-state index in [0.29, 0.717) is 31.8 Å². The first-order valence-electron chi connectivity index (χ1n) is 9.34. The largest absolute Gasteiger partial charge is 0.444 e. The first kappa shape index (κ1) is 19.8. The number of primary amides is 1. The van der Waals surface area contributed by atoms with Crippen LogP contribution in [0.2, 0.25) is 0 Å². The molecular formula is C19H28N6O3. The summed E-state index contributed by atoms with van der Waals surface area (Å²) in [7, 11) is 1.74. The minimum Gasteiger partial charge on any atom is -0.444 e. The second-order valence-corrected chi connectivity index (χ2v) is 8.12. The molecule has 152 valence electrons. The summed E-state index contributed by atoms with van der Waals surface area (Å²) in [5.74, 6) is 0.696. The molecule has 1 saturated heterocycles. The summed E-state index contributed by atoms with van der Waals surface area (Å²) in [6, 6.07) is 9.37. The van der Waals surface area contributed by atoms with Gasteiger partial charge in [-0.2, -0.15) is 5.53 Å².